The van der Waals surface area contributed by atoms with Crippen LogP contribution in [0, 0.1) is 17.8 Å². The number of benzene rings is 2. The molecule has 1 N–H and O–H groups in total. The van der Waals surface area contributed by atoms with Gasteiger partial charge < -0.3 is 9.84 Å². The molecular weight excluding hydrogens is 604 g/mol. The number of halogens is 1. The second kappa shape index (κ2) is 13.1. The molecule has 6 nitrogen and oxygen atoms in total. The standard InChI is InChI=1S/C36H43BrN2O4/c1-3-7-25-20-29-34(30-22-43-32(33(25)30)13-10-23(2)18-26-19-27(37)11-12-31(26)40)36(42)39(35(29)41)28-14-16-38(17-15-28)21-24-8-5-4-6-9-24/h4-6,8-9,11-12,18-19,28-30,32,34,40H,3,7,10,13-17,20-22H2,1-2H3/b23-18+/t29-,30+,32-,34-/m1/s1. The second-order valence-electron chi connectivity index (χ2n) is 12.8. The molecule has 7 heteroatoms. The number of ether oxygens (including phenoxy) is 1. The minimum absolute atomic E-state index is 0.00308. The van der Waals surface area contributed by atoms with E-state index < -0.39 is 0 Å². The molecular formula is C36H43BrN2O4. The van der Waals surface area contributed by atoms with E-state index in [1.807, 2.05) is 24.3 Å². The van der Waals surface area contributed by atoms with E-state index in [4.69, 9.17) is 4.74 Å². The van der Waals surface area contributed by atoms with Crippen molar-refractivity contribution >= 4 is 33.8 Å². The van der Waals surface area contributed by atoms with Crippen molar-refractivity contribution in [3.8, 4) is 5.75 Å². The van der Waals surface area contributed by atoms with Crippen molar-refractivity contribution in [1.29, 1.82) is 0 Å². The van der Waals surface area contributed by atoms with Gasteiger partial charge in [-0.2, -0.15) is 0 Å². The second-order valence-corrected chi connectivity index (χ2v) is 13.8. The van der Waals surface area contributed by atoms with Crippen LogP contribution in [-0.4, -0.2) is 58.6 Å². The lowest BCUT2D eigenvalue weighted by Gasteiger charge is -2.36. The quantitative estimate of drug-likeness (QED) is 0.232. The molecule has 0 bridgehead atoms. The number of imide groups is 1. The fraction of sp³-hybridized carbons (Fsp3) is 0.500. The van der Waals surface area contributed by atoms with Gasteiger partial charge in [-0.05, 0) is 74.8 Å². The molecule has 1 aliphatic carbocycles. The number of carbonyl (C=O) groups is 2. The van der Waals surface area contributed by atoms with Gasteiger partial charge in [0.25, 0.3) is 0 Å². The van der Waals surface area contributed by atoms with Crippen LogP contribution in [0.2, 0.25) is 0 Å². The van der Waals surface area contributed by atoms with Crippen LogP contribution < -0.4 is 0 Å². The molecule has 3 fully saturated rings. The van der Waals surface area contributed by atoms with Crippen LogP contribution in [0.25, 0.3) is 6.08 Å². The number of carbonyl (C=O) groups excluding carboxylic acids is 2. The molecule has 2 aromatic carbocycles. The molecule has 3 heterocycles. The Morgan fingerprint density at radius 1 is 1.07 bits per heavy atom. The minimum Gasteiger partial charge on any atom is -0.507 e. The molecule has 0 spiro atoms. The van der Waals surface area contributed by atoms with Crippen molar-refractivity contribution in [3.05, 3.63) is 80.8 Å². The first-order valence-corrected chi connectivity index (χ1v) is 16.8. The normalized spacial score (nSPS) is 26.8. The lowest BCUT2D eigenvalue weighted by atomic mass is 9.68. The Kier molecular flexibility index (Phi) is 9.22. The number of aromatic hydroxyl groups is 1. The molecule has 228 valence electrons. The summed E-state index contributed by atoms with van der Waals surface area (Å²) in [7, 11) is 0. The topological polar surface area (TPSA) is 70.1 Å². The highest BCUT2D eigenvalue weighted by atomic mass is 79.9. The Labute approximate surface area is 263 Å². The van der Waals surface area contributed by atoms with Crippen LogP contribution in [0.4, 0.5) is 0 Å². The number of phenolic OH excluding ortho intramolecular Hbond substituents is 1. The number of allylic oxidation sites excluding steroid dienone is 2. The fourth-order valence-electron chi connectivity index (χ4n) is 7.91. The van der Waals surface area contributed by atoms with Crippen molar-refractivity contribution < 1.29 is 19.4 Å². The average molecular weight is 648 g/mol. The third-order valence-corrected chi connectivity index (χ3v) is 10.5. The van der Waals surface area contributed by atoms with E-state index in [-0.39, 0.29) is 47.5 Å². The number of rotatable bonds is 9. The molecule has 3 aliphatic heterocycles. The van der Waals surface area contributed by atoms with Crippen LogP contribution in [0.3, 0.4) is 0 Å². The number of likely N-dealkylation sites (tertiary alicyclic amines) is 2. The average Bonchev–Trinajstić information content (AvgIpc) is 3.53. The van der Waals surface area contributed by atoms with Crippen LogP contribution in [0.15, 0.2) is 69.7 Å². The van der Waals surface area contributed by atoms with Crippen molar-refractivity contribution in [1.82, 2.24) is 9.80 Å². The zero-order valence-electron chi connectivity index (χ0n) is 25.3. The van der Waals surface area contributed by atoms with Gasteiger partial charge in [-0.15, -0.1) is 0 Å². The van der Waals surface area contributed by atoms with E-state index in [0.717, 1.165) is 68.2 Å². The van der Waals surface area contributed by atoms with E-state index in [1.165, 1.54) is 22.3 Å². The molecule has 4 aliphatic rings. The Balaban J connectivity index is 1.13. The predicted molar refractivity (Wildman–Crippen MR) is 172 cm³/mol. The Morgan fingerprint density at radius 3 is 2.58 bits per heavy atom. The maximum absolute atomic E-state index is 14.0. The molecule has 43 heavy (non-hydrogen) atoms. The van der Waals surface area contributed by atoms with Gasteiger partial charge in [0.15, 0.2) is 0 Å². The number of hydrogen-bond acceptors (Lipinski definition) is 5. The van der Waals surface area contributed by atoms with Crippen molar-refractivity contribution in [3.63, 3.8) is 0 Å². The van der Waals surface area contributed by atoms with Crippen molar-refractivity contribution in [2.45, 2.75) is 77.5 Å². The maximum atomic E-state index is 14.0. The molecule has 0 aromatic heterocycles. The summed E-state index contributed by atoms with van der Waals surface area (Å²) in [6, 6.07) is 16.0. The molecule has 0 saturated carbocycles. The Hall–Kier alpha value is -2.74. The van der Waals surface area contributed by atoms with Gasteiger partial charge in [-0.3, -0.25) is 19.4 Å². The third kappa shape index (κ3) is 6.27. The monoisotopic (exact) mass is 646 g/mol. The van der Waals surface area contributed by atoms with Gasteiger partial charge in [0, 0.05) is 41.6 Å². The highest BCUT2D eigenvalue weighted by Gasteiger charge is 2.58. The van der Waals surface area contributed by atoms with Gasteiger partial charge >= 0.3 is 0 Å². The highest BCUT2D eigenvalue weighted by Crippen LogP contribution is 2.51. The first kappa shape index (κ1) is 30.3. The molecule has 0 unspecified atom stereocenters. The fourth-order valence-corrected chi connectivity index (χ4v) is 8.29. The summed E-state index contributed by atoms with van der Waals surface area (Å²) in [4.78, 5) is 32.0. The van der Waals surface area contributed by atoms with Gasteiger partial charge in [-0.1, -0.05) is 76.8 Å². The molecule has 6 rings (SSSR count). The summed E-state index contributed by atoms with van der Waals surface area (Å²) in [5, 5.41) is 10.3. The van der Waals surface area contributed by atoms with Crippen LogP contribution in [0.1, 0.15) is 69.9 Å². The minimum atomic E-state index is -0.286. The predicted octanol–water partition coefficient (Wildman–Crippen LogP) is 7.12. The van der Waals surface area contributed by atoms with Crippen molar-refractivity contribution in [2.24, 2.45) is 17.8 Å². The summed E-state index contributed by atoms with van der Waals surface area (Å²) < 4.78 is 7.36. The number of phenols is 1. The number of piperidine rings is 1. The van der Waals surface area contributed by atoms with E-state index >= 15 is 0 Å². The first-order chi connectivity index (χ1) is 20.8. The Bertz CT molecular complexity index is 1410. The summed E-state index contributed by atoms with van der Waals surface area (Å²) in [6.45, 7) is 7.51. The SMILES string of the molecule is CCCC1=C2[C@@H](CC/C(C)=C/c3cc(Br)ccc3O)OC[C@@H]2[C@@H]2C(=O)N(C3CCN(Cc4ccccc4)CC3)C(=O)[C@@H]2C1. The zero-order valence-corrected chi connectivity index (χ0v) is 26.9. The first-order valence-electron chi connectivity index (χ1n) is 16.0. The zero-order chi connectivity index (χ0) is 30.1. The lowest BCUT2D eigenvalue weighted by molar-refractivity contribution is -0.144. The summed E-state index contributed by atoms with van der Waals surface area (Å²) >= 11 is 3.49. The number of fused-ring (bicyclic) bond motifs is 3. The van der Waals surface area contributed by atoms with Gasteiger partial charge in [0.1, 0.15) is 5.75 Å². The largest absolute Gasteiger partial charge is 0.507 e. The smallest absolute Gasteiger partial charge is 0.234 e. The van der Waals surface area contributed by atoms with E-state index in [0.29, 0.717) is 13.0 Å². The lowest BCUT2D eigenvalue weighted by Crippen LogP contribution is -2.47. The number of nitrogens with zero attached hydrogens (tertiary/aromatic N) is 2. The molecule has 0 radical (unpaired) electrons. The van der Waals surface area contributed by atoms with Gasteiger partial charge in [0.2, 0.25) is 11.8 Å². The van der Waals surface area contributed by atoms with E-state index in [2.05, 4.69) is 58.9 Å². The van der Waals surface area contributed by atoms with E-state index in [9.17, 15) is 14.7 Å². The van der Waals surface area contributed by atoms with Crippen LogP contribution in [0.5, 0.6) is 5.75 Å². The summed E-state index contributed by atoms with van der Waals surface area (Å²) in [5.41, 5.74) is 5.92. The molecule has 3 saturated heterocycles. The number of hydrogen-bond donors (Lipinski definition) is 1. The van der Waals surface area contributed by atoms with E-state index in [1.54, 1.807) is 11.0 Å². The van der Waals surface area contributed by atoms with Gasteiger partial charge in [-0.25, -0.2) is 0 Å². The highest BCUT2D eigenvalue weighted by molar-refractivity contribution is 9.10. The van der Waals surface area contributed by atoms with Crippen LogP contribution >= 0.6 is 15.9 Å². The maximum Gasteiger partial charge on any atom is 0.234 e. The third-order valence-electron chi connectivity index (χ3n) is 9.96. The summed E-state index contributed by atoms with van der Waals surface area (Å²) in [5.74, 6) is -0.162. The van der Waals surface area contributed by atoms with Crippen molar-refractivity contribution in [2.75, 3.05) is 19.7 Å². The summed E-state index contributed by atoms with van der Waals surface area (Å²) in [6.07, 6.45) is 8.03. The molecule has 2 amide bonds. The van der Waals surface area contributed by atoms with Gasteiger partial charge in [0.05, 0.1) is 24.5 Å². The molecule has 2 aromatic rings. The van der Waals surface area contributed by atoms with Crippen LogP contribution in [-0.2, 0) is 20.9 Å². The molecule has 4 atom stereocenters. The Morgan fingerprint density at radius 2 is 1.84 bits per heavy atom. The number of amides is 2.